The van der Waals surface area contributed by atoms with E-state index in [4.69, 9.17) is 19.9 Å². The summed E-state index contributed by atoms with van der Waals surface area (Å²) in [5, 5.41) is 0. The molecule has 3 aromatic rings. The summed E-state index contributed by atoms with van der Waals surface area (Å²) in [5.74, 6) is 1.54. The molecule has 24 heavy (non-hydrogen) atoms. The third-order valence-electron chi connectivity index (χ3n) is 3.57. The van der Waals surface area contributed by atoms with Gasteiger partial charge in [-0.15, -0.1) is 0 Å². The summed E-state index contributed by atoms with van der Waals surface area (Å²) in [4.78, 5) is 17.2. The summed E-state index contributed by atoms with van der Waals surface area (Å²) in [6, 6.07) is 1.78. The summed E-state index contributed by atoms with van der Waals surface area (Å²) in [6.07, 6.45) is 1.68. The van der Waals surface area contributed by atoms with Crippen LogP contribution in [-0.4, -0.2) is 45.8 Å². The topological polar surface area (TPSA) is 110 Å². The fourth-order valence-corrected chi connectivity index (χ4v) is 2.49. The number of aromatic nitrogens is 5. The fourth-order valence-electron chi connectivity index (χ4n) is 2.49. The Morgan fingerprint density at radius 1 is 1.08 bits per heavy atom. The molecule has 0 unspecified atom stereocenters. The molecule has 0 aliphatic heterocycles. The minimum Gasteiger partial charge on any atom is -0.493 e. The largest absolute Gasteiger partial charge is 0.493 e. The van der Waals surface area contributed by atoms with E-state index in [2.05, 4.69) is 19.9 Å². The van der Waals surface area contributed by atoms with Gasteiger partial charge in [0.2, 0.25) is 11.7 Å². The first-order chi connectivity index (χ1) is 11.6. The lowest BCUT2D eigenvalue weighted by molar-refractivity contribution is 0.314. The van der Waals surface area contributed by atoms with Gasteiger partial charge in [-0.2, -0.15) is 4.98 Å². The lowest BCUT2D eigenvalue weighted by atomic mass is 10.3. The van der Waals surface area contributed by atoms with Crippen LogP contribution in [0, 0.1) is 6.92 Å². The number of ether oxygens (including phenoxy) is 3. The first-order valence-corrected chi connectivity index (χ1v) is 7.18. The first kappa shape index (κ1) is 15.8. The minimum absolute atomic E-state index is 0.208. The summed E-state index contributed by atoms with van der Waals surface area (Å²) >= 11 is 0. The summed E-state index contributed by atoms with van der Waals surface area (Å²) < 4.78 is 17.7. The van der Waals surface area contributed by atoms with Gasteiger partial charge >= 0.3 is 0 Å². The maximum absolute atomic E-state index is 5.74. The Bertz CT molecular complexity index is 867. The van der Waals surface area contributed by atoms with Gasteiger partial charge < -0.3 is 24.5 Å². The van der Waals surface area contributed by atoms with Gasteiger partial charge in [0.15, 0.2) is 11.4 Å². The Kier molecular flexibility index (Phi) is 4.07. The van der Waals surface area contributed by atoms with E-state index in [1.165, 1.54) is 14.2 Å². The molecule has 9 heteroatoms. The number of hydrogen-bond donors (Lipinski definition) is 1. The molecule has 0 bridgehead atoms. The Balaban J connectivity index is 2.06. The third kappa shape index (κ3) is 2.64. The molecule has 0 saturated carbocycles. The van der Waals surface area contributed by atoms with Crippen molar-refractivity contribution in [2.45, 2.75) is 13.5 Å². The number of hydrogen-bond acceptors (Lipinski definition) is 8. The molecular formula is C15H18N6O3. The van der Waals surface area contributed by atoms with E-state index in [0.29, 0.717) is 40.8 Å². The first-order valence-electron chi connectivity index (χ1n) is 7.18. The van der Waals surface area contributed by atoms with E-state index >= 15 is 0 Å². The van der Waals surface area contributed by atoms with Crippen LogP contribution >= 0.6 is 0 Å². The van der Waals surface area contributed by atoms with Gasteiger partial charge in [-0.25, -0.2) is 15.0 Å². The summed E-state index contributed by atoms with van der Waals surface area (Å²) in [6.45, 7) is 2.26. The molecule has 3 aromatic heterocycles. The molecule has 0 radical (unpaired) electrons. The highest BCUT2D eigenvalue weighted by Gasteiger charge is 2.16. The van der Waals surface area contributed by atoms with E-state index in [1.54, 1.807) is 19.5 Å². The quantitative estimate of drug-likeness (QED) is 0.742. The Hall–Kier alpha value is -3.10. The van der Waals surface area contributed by atoms with Crippen LogP contribution in [0.2, 0.25) is 0 Å². The van der Waals surface area contributed by atoms with Crippen molar-refractivity contribution < 1.29 is 14.2 Å². The number of rotatable bonds is 5. The van der Waals surface area contributed by atoms with Crippen molar-refractivity contribution in [1.29, 1.82) is 0 Å². The second-order valence-corrected chi connectivity index (χ2v) is 5.07. The molecule has 0 aliphatic rings. The fraction of sp³-hybridized carbons (Fsp3) is 0.333. The van der Waals surface area contributed by atoms with Crippen LogP contribution in [0.1, 0.15) is 11.4 Å². The normalized spacial score (nSPS) is 10.8. The second-order valence-electron chi connectivity index (χ2n) is 5.07. The van der Waals surface area contributed by atoms with Crippen LogP contribution in [0.15, 0.2) is 12.4 Å². The molecule has 126 valence electrons. The number of fused-ring (bicyclic) bond motifs is 1. The van der Waals surface area contributed by atoms with Gasteiger partial charge in [-0.3, -0.25) is 0 Å². The molecule has 0 fully saturated rings. The molecule has 2 N–H and O–H groups in total. The number of anilines is 1. The number of nitrogen functional groups attached to an aromatic ring is 1. The van der Waals surface area contributed by atoms with Crippen molar-refractivity contribution in [3.8, 4) is 17.4 Å². The van der Waals surface area contributed by atoms with Crippen LogP contribution in [-0.2, 0) is 6.54 Å². The lowest BCUT2D eigenvalue weighted by Gasteiger charge is -2.13. The van der Waals surface area contributed by atoms with Crippen LogP contribution in [0.3, 0.4) is 0 Å². The van der Waals surface area contributed by atoms with Gasteiger partial charge in [0.25, 0.3) is 5.88 Å². The molecule has 9 nitrogen and oxygen atoms in total. The number of nitrogens with two attached hydrogens (primary N) is 1. The molecule has 0 aliphatic carbocycles. The number of pyridine rings is 1. The van der Waals surface area contributed by atoms with Crippen molar-refractivity contribution in [1.82, 2.24) is 24.5 Å². The predicted molar refractivity (Wildman–Crippen MR) is 87.5 cm³/mol. The van der Waals surface area contributed by atoms with Crippen molar-refractivity contribution >= 4 is 17.1 Å². The number of nitrogens with zero attached hydrogens (tertiary/aromatic N) is 5. The van der Waals surface area contributed by atoms with Crippen molar-refractivity contribution in [2.24, 2.45) is 0 Å². The number of imidazole rings is 1. The molecule has 3 heterocycles. The zero-order valence-corrected chi connectivity index (χ0v) is 13.9. The smallest absolute Gasteiger partial charge is 0.261 e. The SMILES string of the molecule is COc1cc(Cn2cnc3c(C)nc(N)nc32)nc(OC)c1OC. The highest BCUT2D eigenvalue weighted by Crippen LogP contribution is 2.36. The molecular weight excluding hydrogens is 312 g/mol. The van der Waals surface area contributed by atoms with E-state index in [-0.39, 0.29) is 5.95 Å². The molecule has 0 aromatic carbocycles. The van der Waals surface area contributed by atoms with E-state index in [1.807, 2.05) is 11.5 Å². The highest BCUT2D eigenvalue weighted by atomic mass is 16.5. The Labute approximate surface area is 138 Å². The van der Waals surface area contributed by atoms with Gasteiger partial charge in [0, 0.05) is 6.07 Å². The van der Waals surface area contributed by atoms with Gasteiger partial charge in [0.1, 0.15) is 5.52 Å². The van der Waals surface area contributed by atoms with Crippen LogP contribution < -0.4 is 19.9 Å². The van der Waals surface area contributed by atoms with Crippen LogP contribution in [0.4, 0.5) is 5.95 Å². The van der Waals surface area contributed by atoms with Crippen molar-refractivity contribution in [3.05, 3.63) is 23.8 Å². The zero-order chi connectivity index (χ0) is 17.3. The zero-order valence-electron chi connectivity index (χ0n) is 13.9. The third-order valence-corrected chi connectivity index (χ3v) is 3.57. The summed E-state index contributed by atoms with van der Waals surface area (Å²) in [7, 11) is 4.62. The lowest BCUT2D eigenvalue weighted by Crippen LogP contribution is -2.06. The average Bonchev–Trinajstić information content (AvgIpc) is 2.96. The molecule has 0 amide bonds. The van der Waals surface area contributed by atoms with Gasteiger partial charge in [-0.1, -0.05) is 0 Å². The Morgan fingerprint density at radius 2 is 1.88 bits per heavy atom. The Morgan fingerprint density at radius 3 is 2.54 bits per heavy atom. The minimum atomic E-state index is 0.208. The van der Waals surface area contributed by atoms with E-state index in [0.717, 1.165) is 5.69 Å². The molecule has 3 rings (SSSR count). The standard InChI is InChI=1S/C15H18N6O3/c1-8-11-13(20-15(16)18-8)21(7-17-11)6-9-5-10(22-2)12(23-3)14(19-9)24-4/h5,7H,6H2,1-4H3,(H2,16,18,20). The number of aryl methyl sites for hydroxylation is 1. The van der Waals surface area contributed by atoms with Crippen molar-refractivity contribution in [3.63, 3.8) is 0 Å². The van der Waals surface area contributed by atoms with E-state index in [9.17, 15) is 0 Å². The monoisotopic (exact) mass is 330 g/mol. The second kappa shape index (κ2) is 6.19. The maximum Gasteiger partial charge on any atom is 0.261 e. The van der Waals surface area contributed by atoms with Crippen LogP contribution in [0.25, 0.3) is 11.2 Å². The van der Waals surface area contributed by atoms with Crippen LogP contribution in [0.5, 0.6) is 17.4 Å². The number of methoxy groups -OCH3 is 3. The van der Waals surface area contributed by atoms with Gasteiger partial charge in [-0.05, 0) is 6.92 Å². The van der Waals surface area contributed by atoms with Crippen molar-refractivity contribution in [2.75, 3.05) is 27.1 Å². The average molecular weight is 330 g/mol. The van der Waals surface area contributed by atoms with Gasteiger partial charge in [0.05, 0.1) is 45.6 Å². The molecule has 0 spiro atoms. The predicted octanol–water partition coefficient (Wildman–Crippen LogP) is 1.19. The molecule has 0 atom stereocenters. The maximum atomic E-state index is 5.74. The highest BCUT2D eigenvalue weighted by molar-refractivity contribution is 5.74. The molecule has 0 saturated heterocycles. The van der Waals surface area contributed by atoms with E-state index < -0.39 is 0 Å². The summed E-state index contributed by atoms with van der Waals surface area (Å²) in [5.41, 5.74) is 8.53.